The fraction of sp³-hybridized carbons (Fsp3) is 1.00. The Morgan fingerprint density at radius 1 is 0.595 bits per heavy atom. The summed E-state index contributed by atoms with van der Waals surface area (Å²) >= 11 is 0. The number of likely N-dealkylation sites (tertiary alicyclic amines) is 1. The second kappa shape index (κ2) is 26.0. The molecule has 0 atom stereocenters. The zero-order chi connectivity index (χ0) is 33.6. The van der Waals surface area contributed by atoms with Gasteiger partial charge in [0.15, 0.2) is 0 Å². The molecular weight excluding hydrogens is 518 g/mol. The van der Waals surface area contributed by atoms with E-state index in [1.54, 1.807) is 0 Å². The molecule has 258 valence electrons. The molecule has 42 heavy (non-hydrogen) atoms. The summed E-state index contributed by atoms with van der Waals surface area (Å²) < 4.78 is 5.25. The van der Waals surface area contributed by atoms with E-state index in [1.807, 2.05) is 0 Å². The van der Waals surface area contributed by atoms with Gasteiger partial charge in [0.1, 0.15) is 0 Å². The molecule has 0 radical (unpaired) electrons. The van der Waals surface area contributed by atoms with Gasteiger partial charge < -0.3 is 19.4 Å². The van der Waals surface area contributed by atoms with E-state index < -0.39 is 0 Å². The first-order valence-electron chi connectivity index (χ1n) is 17.5. The van der Waals surface area contributed by atoms with E-state index in [1.165, 1.54) is 39.0 Å². The lowest BCUT2D eigenvalue weighted by Gasteiger charge is -2.38. The van der Waals surface area contributed by atoms with Gasteiger partial charge in [-0.25, -0.2) is 0 Å². The Morgan fingerprint density at radius 3 is 1.07 bits per heavy atom. The van der Waals surface area contributed by atoms with Crippen molar-refractivity contribution in [3.05, 3.63) is 0 Å². The van der Waals surface area contributed by atoms with Crippen LogP contribution >= 0.6 is 0 Å². The van der Waals surface area contributed by atoms with Crippen LogP contribution in [0.15, 0.2) is 0 Å². The van der Waals surface area contributed by atoms with Crippen LogP contribution in [0.3, 0.4) is 0 Å². The number of morpholine rings is 1. The van der Waals surface area contributed by atoms with Gasteiger partial charge in [-0.1, -0.05) is 13.8 Å². The fourth-order valence-electron chi connectivity index (χ4n) is 5.23. The molecule has 6 nitrogen and oxygen atoms in total. The van der Waals surface area contributed by atoms with Crippen LogP contribution in [0.4, 0.5) is 0 Å². The van der Waals surface area contributed by atoms with Crippen molar-refractivity contribution in [3.8, 4) is 0 Å². The first-order valence-corrected chi connectivity index (χ1v) is 17.5. The number of hydrogen-bond acceptors (Lipinski definition) is 6. The monoisotopic (exact) mass is 602 g/mol. The highest BCUT2D eigenvalue weighted by atomic mass is 16.5. The van der Waals surface area contributed by atoms with Crippen molar-refractivity contribution in [2.45, 2.75) is 172 Å². The molecule has 0 N–H and O–H groups in total. The molecule has 0 unspecified atom stereocenters. The van der Waals surface area contributed by atoms with Crippen LogP contribution in [0, 0.1) is 0 Å². The highest BCUT2D eigenvalue weighted by molar-refractivity contribution is 4.77. The van der Waals surface area contributed by atoms with Gasteiger partial charge >= 0.3 is 0 Å². The van der Waals surface area contributed by atoms with Crippen molar-refractivity contribution in [2.24, 2.45) is 0 Å². The maximum atomic E-state index is 5.25. The predicted molar refractivity (Wildman–Crippen MR) is 192 cm³/mol. The van der Waals surface area contributed by atoms with Crippen molar-refractivity contribution in [2.75, 3.05) is 66.6 Å². The minimum Gasteiger partial charge on any atom is -0.379 e. The standard InChI is InChI=1S/C9H21N.C8H17NO.C7H15N.C7H17N.C5H13N/c1-7(2)10(8(3)4)9(5)6;1-8(2,3)9-4-6-10-7-5-9;1-7(2)8-5-3-4-6-8;1-5-8(6-2)7(3)4;1-5(2)6(3)4/h7-9H,1-6H3;4-7H2,1-3H3;7H,3-6H2,1-2H3;7H,5-6H2,1-4H3;5H,1-4H3. The SMILES string of the molecule is CC(C)(C)N1CCOCC1.CC(C)N(C(C)C)C(C)C.CC(C)N(C)C.CC(C)N1CCCC1.CCN(CC)C(C)C. The van der Waals surface area contributed by atoms with Gasteiger partial charge in [-0.05, 0) is 157 Å². The molecule has 2 saturated heterocycles. The lowest BCUT2D eigenvalue weighted by Crippen LogP contribution is -2.47. The summed E-state index contributed by atoms with van der Waals surface area (Å²) in [7, 11) is 4.15. The van der Waals surface area contributed by atoms with E-state index >= 15 is 0 Å². The lowest BCUT2D eigenvalue weighted by atomic mass is 10.1. The van der Waals surface area contributed by atoms with Gasteiger partial charge in [-0.3, -0.25) is 9.80 Å². The average molecular weight is 602 g/mol. The lowest BCUT2D eigenvalue weighted by molar-refractivity contribution is -0.00389. The minimum absolute atomic E-state index is 0.323. The molecule has 0 amide bonds. The van der Waals surface area contributed by atoms with Crippen LogP contribution in [0.1, 0.15) is 131 Å². The van der Waals surface area contributed by atoms with E-state index in [4.69, 9.17) is 4.74 Å². The molecule has 2 aliphatic heterocycles. The Balaban J connectivity index is -0.000000458. The third-order valence-corrected chi connectivity index (χ3v) is 8.20. The summed E-state index contributed by atoms with van der Waals surface area (Å²) in [5.41, 5.74) is 0.323. The number of rotatable bonds is 8. The Hall–Kier alpha value is -0.240. The van der Waals surface area contributed by atoms with Crippen molar-refractivity contribution in [1.29, 1.82) is 0 Å². The van der Waals surface area contributed by atoms with E-state index in [2.05, 4.69) is 156 Å². The molecule has 6 heteroatoms. The molecule has 0 aromatic heterocycles. The summed E-state index contributed by atoms with van der Waals surface area (Å²) in [6.07, 6.45) is 2.83. The Labute approximate surface area is 267 Å². The molecule has 0 aliphatic carbocycles. The molecular formula is C36H83N5O. The van der Waals surface area contributed by atoms with E-state index in [0.717, 1.165) is 32.3 Å². The molecule has 0 aromatic rings. The maximum absolute atomic E-state index is 5.25. The third-order valence-electron chi connectivity index (χ3n) is 8.20. The second-order valence-electron chi connectivity index (χ2n) is 14.7. The van der Waals surface area contributed by atoms with Crippen LogP contribution in [0.25, 0.3) is 0 Å². The Morgan fingerprint density at radius 2 is 0.952 bits per heavy atom. The molecule has 0 spiro atoms. The largest absolute Gasteiger partial charge is 0.379 e. The highest BCUT2D eigenvalue weighted by Crippen LogP contribution is 2.14. The van der Waals surface area contributed by atoms with Crippen molar-refractivity contribution < 1.29 is 4.74 Å². The molecule has 2 rings (SSSR count). The van der Waals surface area contributed by atoms with Gasteiger partial charge in [0.2, 0.25) is 0 Å². The average Bonchev–Trinajstić information content (AvgIpc) is 3.41. The summed E-state index contributed by atoms with van der Waals surface area (Å²) in [5.74, 6) is 0. The third kappa shape index (κ3) is 25.1. The quantitative estimate of drug-likeness (QED) is 0.281. The van der Waals surface area contributed by atoms with Crippen molar-refractivity contribution in [3.63, 3.8) is 0 Å². The van der Waals surface area contributed by atoms with E-state index in [0.29, 0.717) is 35.7 Å². The van der Waals surface area contributed by atoms with Gasteiger partial charge in [0.25, 0.3) is 0 Å². The van der Waals surface area contributed by atoms with Crippen molar-refractivity contribution in [1.82, 2.24) is 24.5 Å². The van der Waals surface area contributed by atoms with Crippen LogP contribution in [0.2, 0.25) is 0 Å². The molecule has 0 bridgehead atoms. The minimum atomic E-state index is 0.323. The summed E-state index contributed by atoms with van der Waals surface area (Å²) in [6.45, 7) is 47.0. The van der Waals surface area contributed by atoms with Crippen LogP contribution in [0.5, 0.6) is 0 Å². The van der Waals surface area contributed by atoms with Crippen LogP contribution in [-0.4, -0.2) is 133 Å². The fourth-order valence-corrected chi connectivity index (χ4v) is 5.23. The number of nitrogens with zero attached hydrogens (tertiary/aromatic N) is 5. The van der Waals surface area contributed by atoms with Gasteiger partial charge in [-0.15, -0.1) is 0 Å². The first-order chi connectivity index (χ1) is 19.2. The van der Waals surface area contributed by atoms with Crippen LogP contribution in [-0.2, 0) is 4.74 Å². The van der Waals surface area contributed by atoms with Gasteiger partial charge in [0, 0.05) is 54.9 Å². The van der Waals surface area contributed by atoms with E-state index in [-0.39, 0.29) is 0 Å². The molecule has 0 aromatic carbocycles. The Kier molecular flexibility index (Phi) is 28.6. The predicted octanol–water partition coefficient (Wildman–Crippen LogP) is 7.81. The zero-order valence-corrected chi connectivity index (χ0v) is 32.7. The second-order valence-corrected chi connectivity index (χ2v) is 14.7. The number of ether oxygens (including phenoxy) is 1. The molecule has 0 saturated carbocycles. The molecule has 2 fully saturated rings. The smallest absolute Gasteiger partial charge is 0.0594 e. The number of hydrogen-bond donors (Lipinski definition) is 0. The van der Waals surface area contributed by atoms with Gasteiger partial charge in [-0.2, -0.15) is 0 Å². The Bertz CT molecular complexity index is 523. The van der Waals surface area contributed by atoms with E-state index in [9.17, 15) is 0 Å². The van der Waals surface area contributed by atoms with Crippen molar-refractivity contribution >= 4 is 0 Å². The zero-order valence-electron chi connectivity index (χ0n) is 32.7. The molecule has 2 aliphatic rings. The van der Waals surface area contributed by atoms with Crippen LogP contribution < -0.4 is 0 Å². The molecule has 2 heterocycles. The summed E-state index contributed by atoms with van der Waals surface area (Å²) in [4.78, 5) is 12.1. The summed E-state index contributed by atoms with van der Waals surface area (Å²) in [5, 5.41) is 0. The maximum Gasteiger partial charge on any atom is 0.0594 e. The topological polar surface area (TPSA) is 25.4 Å². The first kappa shape index (κ1) is 46.2. The van der Waals surface area contributed by atoms with Gasteiger partial charge in [0.05, 0.1) is 13.2 Å². The normalized spacial score (nSPS) is 16.6. The highest BCUT2D eigenvalue weighted by Gasteiger charge is 2.22. The summed E-state index contributed by atoms with van der Waals surface area (Å²) in [6, 6.07) is 4.17.